The quantitative estimate of drug-likeness (QED) is 0.568. The van der Waals surface area contributed by atoms with Crippen LogP contribution in [-0.4, -0.2) is 50.7 Å². The van der Waals surface area contributed by atoms with Crippen molar-refractivity contribution in [2.75, 3.05) is 36.4 Å². The van der Waals surface area contributed by atoms with Crippen molar-refractivity contribution in [2.24, 2.45) is 0 Å². The van der Waals surface area contributed by atoms with Gasteiger partial charge in [-0.3, -0.25) is 0 Å². The van der Waals surface area contributed by atoms with Crippen LogP contribution < -0.4 is 15.5 Å². The Bertz CT molecular complexity index is 1110. The Labute approximate surface area is 162 Å². The fourth-order valence-corrected chi connectivity index (χ4v) is 3.63. The van der Waals surface area contributed by atoms with E-state index >= 15 is 0 Å². The molecule has 0 unspecified atom stereocenters. The lowest BCUT2D eigenvalue weighted by Crippen LogP contribution is -2.43. The minimum absolute atomic E-state index is 0.534. The van der Waals surface area contributed by atoms with E-state index in [-0.39, 0.29) is 0 Å². The maximum Gasteiger partial charge on any atom is 0.228 e. The number of hydrogen-bond acceptors (Lipinski definition) is 7. The van der Waals surface area contributed by atoms with Crippen LogP contribution >= 0.6 is 0 Å². The van der Waals surface area contributed by atoms with Gasteiger partial charge in [-0.1, -0.05) is 0 Å². The van der Waals surface area contributed by atoms with E-state index in [1.165, 1.54) is 0 Å². The molecule has 0 radical (unpaired) electrons. The van der Waals surface area contributed by atoms with Gasteiger partial charge in [-0.15, -0.1) is 0 Å². The number of aromatic nitrogens is 5. The molecule has 3 aromatic heterocycles. The van der Waals surface area contributed by atoms with Crippen LogP contribution in [0, 0.1) is 0 Å². The molecular formula is C20H22N8. The van der Waals surface area contributed by atoms with Crippen molar-refractivity contribution >= 4 is 39.4 Å². The van der Waals surface area contributed by atoms with Gasteiger partial charge in [0.2, 0.25) is 5.95 Å². The third-order valence-electron chi connectivity index (χ3n) is 5.14. The van der Waals surface area contributed by atoms with Gasteiger partial charge in [-0.2, -0.15) is 0 Å². The van der Waals surface area contributed by atoms with Crippen LogP contribution in [0.2, 0.25) is 0 Å². The van der Waals surface area contributed by atoms with Crippen LogP contribution in [0.3, 0.4) is 0 Å². The predicted octanol–water partition coefficient (Wildman–Crippen LogP) is 2.55. The number of hydrogen-bond donors (Lipinski definition) is 2. The molecule has 1 fully saturated rings. The molecule has 142 valence electrons. The van der Waals surface area contributed by atoms with Gasteiger partial charge < -0.3 is 20.1 Å². The van der Waals surface area contributed by atoms with Crippen LogP contribution in [0.15, 0.2) is 43.0 Å². The van der Waals surface area contributed by atoms with Crippen LogP contribution in [0.25, 0.3) is 21.9 Å². The largest absolute Gasteiger partial charge is 0.368 e. The lowest BCUT2D eigenvalue weighted by atomic mass is 10.2. The summed E-state index contributed by atoms with van der Waals surface area (Å²) in [7, 11) is 0. The van der Waals surface area contributed by atoms with Crippen molar-refractivity contribution in [1.82, 2.24) is 29.8 Å². The molecule has 0 spiro atoms. The molecule has 5 rings (SSSR count). The van der Waals surface area contributed by atoms with E-state index in [0.29, 0.717) is 5.95 Å². The second-order valence-electron chi connectivity index (χ2n) is 6.86. The number of fused-ring (bicyclic) bond motifs is 3. The molecule has 1 saturated heterocycles. The van der Waals surface area contributed by atoms with Crippen molar-refractivity contribution in [3.05, 3.63) is 43.0 Å². The molecule has 4 aromatic rings. The number of imidazole rings is 1. The third kappa shape index (κ3) is 3.01. The number of rotatable bonds is 4. The monoisotopic (exact) mass is 374 g/mol. The zero-order valence-corrected chi connectivity index (χ0v) is 15.8. The fourth-order valence-electron chi connectivity index (χ4n) is 3.63. The van der Waals surface area contributed by atoms with E-state index in [4.69, 9.17) is 4.98 Å². The van der Waals surface area contributed by atoms with Crippen LogP contribution in [0.1, 0.15) is 6.92 Å². The highest BCUT2D eigenvalue weighted by atomic mass is 15.2. The van der Waals surface area contributed by atoms with E-state index in [0.717, 1.165) is 66.2 Å². The molecule has 0 atom stereocenters. The molecule has 1 aliphatic heterocycles. The molecular weight excluding hydrogens is 352 g/mol. The molecule has 0 saturated carbocycles. The zero-order chi connectivity index (χ0) is 18.9. The van der Waals surface area contributed by atoms with Gasteiger partial charge in [0.25, 0.3) is 0 Å². The van der Waals surface area contributed by atoms with E-state index in [1.54, 1.807) is 0 Å². The van der Waals surface area contributed by atoms with Crippen molar-refractivity contribution < 1.29 is 0 Å². The summed E-state index contributed by atoms with van der Waals surface area (Å²) in [5.74, 6) is 1.26. The Morgan fingerprint density at radius 1 is 1.04 bits per heavy atom. The molecule has 4 heterocycles. The van der Waals surface area contributed by atoms with Gasteiger partial charge in [0, 0.05) is 44.3 Å². The fraction of sp³-hybridized carbons (Fsp3) is 0.300. The maximum absolute atomic E-state index is 4.75. The average molecular weight is 374 g/mol. The van der Waals surface area contributed by atoms with Crippen LogP contribution in [0.5, 0.6) is 0 Å². The summed E-state index contributed by atoms with van der Waals surface area (Å²) in [6.07, 6.45) is 5.60. The third-order valence-corrected chi connectivity index (χ3v) is 5.14. The van der Waals surface area contributed by atoms with Crippen molar-refractivity contribution in [1.29, 1.82) is 0 Å². The summed E-state index contributed by atoms with van der Waals surface area (Å²) in [5.41, 5.74) is 4.01. The highest BCUT2D eigenvalue weighted by molar-refractivity contribution is 6.01. The molecule has 8 nitrogen and oxygen atoms in total. The first-order valence-electron chi connectivity index (χ1n) is 9.61. The number of anilines is 3. The minimum atomic E-state index is 0.534. The number of benzene rings is 1. The number of pyridine rings is 1. The van der Waals surface area contributed by atoms with Crippen molar-refractivity contribution in [3.63, 3.8) is 0 Å². The van der Waals surface area contributed by atoms with Crippen molar-refractivity contribution in [2.45, 2.75) is 13.5 Å². The first-order valence-corrected chi connectivity index (χ1v) is 9.61. The lowest BCUT2D eigenvalue weighted by Gasteiger charge is -2.29. The Balaban J connectivity index is 1.44. The minimum Gasteiger partial charge on any atom is -0.368 e. The number of nitrogens with one attached hydrogen (secondary N) is 2. The van der Waals surface area contributed by atoms with E-state index in [1.807, 2.05) is 36.9 Å². The average Bonchev–Trinajstić information content (AvgIpc) is 3.19. The maximum atomic E-state index is 4.75. The zero-order valence-electron chi connectivity index (χ0n) is 15.8. The SMILES string of the molecule is CCn1cnc2ccc3cnc(Nc4ccc(N5CCNCC5)cn4)nc3c21. The Hall–Kier alpha value is -3.26. The van der Waals surface area contributed by atoms with Gasteiger partial charge in [-0.25, -0.2) is 19.9 Å². The van der Waals surface area contributed by atoms with Crippen LogP contribution in [-0.2, 0) is 6.54 Å². The number of nitrogens with zero attached hydrogens (tertiary/aromatic N) is 6. The number of piperazine rings is 1. The van der Waals surface area contributed by atoms with Crippen molar-refractivity contribution in [3.8, 4) is 0 Å². The van der Waals surface area contributed by atoms with Gasteiger partial charge >= 0.3 is 0 Å². The normalized spacial score (nSPS) is 14.7. The Morgan fingerprint density at radius 2 is 1.93 bits per heavy atom. The summed E-state index contributed by atoms with van der Waals surface area (Å²) >= 11 is 0. The molecule has 0 aliphatic carbocycles. The second-order valence-corrected chi connectivity index (χ2v) is 6.86. The van der Waals surface area contributed by atoms with Gasteiger partial charge in [0.15, 0.2) is 0 Å². The van der Waals surface area contributed by atoms with E-state index in [2.05, 4.69) is 48.0 Å². The summed E-state index contributed by atoms with van der Waals surface area (Å²) in [6.45, 7) is 6.97. The standard InChI is InChI=1S/C20H22N8/c1-2-27-13-24-16-5-3-14-11-23-20(26-18(14)19(16)27)25-17-6-4-15(12-22-17)28-9-7-21-8-10-28/h3-6,11-13,21H,2,7-10H2,1H3,(H,22,23,25,26). The highest BCUT2D eigenvalue weighted by Gasteiger charge is 2.12. The van der Waals surface area contributed by atoms with E-state index in [9.17, 15) is 0 Å². The van der Waals surface area contributed by atoms with Gasteiger partial charge in [-0.05, 0) is 31.2 Å². The Kier molecular flexibility index (Phi) is 4.25. The summed E-state index contributed by atoms with van der Waals surface area (Å²) in [6, 6.07) is 8.08. The van der Waals surface area contributed by atoms with Gasteiger partial charge in [0.1, 0.15) is 11.3 Å². The first kappa shape index (κ1) is 16.9. The second kappa shape index (κ2) is 7.05. The molecule has 8 heteroatoms. The highest BCUT2D eigenvalue weighted by Crippen LogP contribution is 2.24. The number of aryl methyl sites for hydroxylation is 1. The first-order chi connectivity index (χ1) is 13.8. The topological polar surface area (TPSA) is 83.8 Å². The molecule has 0 amide bonds. The Morgan fingerprint density at radius 3 is 2.71 bits per heavy atom. The molecule has 1 aromatic carbocycles. The molecule has 1 aliphatic rings. The predicted molar refractivity (Wildman–Crippen MR) is 111 cm³/mol. The molecule has 0 bridgehead atoms. The smallest absolute Gasteiger partial charge is 0.228 e. The summed E-state index contributed by atoms with van der Waals surface area (Å²) in [4.78, 5) is 20.5. The van der Waals surface area contributed by atoms with Crippen LogP contribution in [0.4, 0.5) is 17.5 Å². The molecule has 2 N–H and O–H groups in total. The van der Waals surface area contributed by atoms with E-state index < -0.39 is 0 Å². The van der Waals surface area contributed by atoms with Gasteiger partial charge in [0.05, 0.1) is 29.2 Å². The molecule has 28 heavy (non-hydrogen) atoms. The lowest BCUT2D eigenvalue weighted by molar-refractivity contribution is 0.589. The summed E-state index contributed by atoms with van der Waals surface area (Å²) < 4.78 is 2.11. The summed E-state index contributed by atoms with van der Waals surface area (Å²) in [5, 5.41) is 7.59.